The molecule has 0 spiro atoms. The predicted octanol–water partition coefficient (Wildman–Crippen LogP) is 2.38. The molecule has 0 aromatic heterocycles. The Labute approximate surface area is 173 Å². The van der Waals surface area contributed by atoms with E-state index in [1.807, 2.05) is 49.9 Å². The maximum atomic E-state index is 12.7. The van der Waals surface area contributed by atoms with E-state index in [0.29, 0.717) is 32.5 Å². The number of nitrogens with two attached hydrogens (primary N) is 1. The minimum absolute atomic E-state index is 0. The Morgan fingerprint density at radius 2 is 2.07 bits per heavy atom. The Morgan fingerprint density at radius 1 is 1.36 bits per heavy atom. The van der Waals surface area contributed by atoms with Crippen molar-refractivity contribution >= 4 is 24.2 Å². The molecule has 2 aliphatic rings. The molecule has 6 nitrogen and oxygen atoms in total. The van der Waals surface area contributed by atoms with E-state index in [2.05, 4.69) is 5.32 Å². The molecule has 0 radical (unpaired) electrons. The Hall–Kier alpha value is -1.63. The molecule has 1 heterocycles. The van der Waals surface area contributed by atoms with Gasteiger partial charge in [-0.15, -0.1) is 12.4 Å². The summed E-state index contributed by atoms with van der Waals surface area (Å²) in [5, 5.41) is 2.99. The highest BCUT2D eigenvalue weighted by Crippen LogP contribution is 2.49. The molecule has 1 aliphatic carbocycles. The number of hydrogen-bond donors (Lipinski definition) is 2. The minimum Gasteiger partial charge on any atom is -0.378 e. The van der Waals surface area contributed by atoms with Crippen LogP contribution < -0.4 is 11.1 Å². The molecule has 0 bridgehead atoms. The normalized spacial score (nSPS) is 25.8. The van der Waals surface area contributed by atoms with Crippen LogP contribution in [0.25, 0.3) is 0 Å². The fourth-order valence-electron chi connectivity index (χ4n) is 4.09. The van der Waals surface area contributed by atoms with Crippen molar-refractivity contribution in [3.63, 3.8) is 0 Å². The van der Waals surface area contributed by atoms with Gasteiger partial charge in [0.25, 0.3) is 0 Å². The van der Waals surface area contributed by atoms with Crippen molar-refractivity contribution in [1.82, 2.24) is 10.2 Å². The Bertz CT molecular complexity index is 725. The topological polar surface area (TPSA) is 84.7 Å². The highest BCUT2D eigenvalue weighted by molar-refractivity contribution is 5.88. The zero-order valence-electron chi connectivity index (χ0n) is 17.0. The fraction of sp³-hybridized carbons (Fsp3) is 0.619. The summed E-state index contributed by atoms with van der Waals surface area (Å²) in [7, 11) is 0. The second-order valence-electron chi connectivity index (χ2n) is 8.26. The van der Waals surface area contributed by atoms with Crippen molar-refractivity contribution in [3.05, 3.63) is 35.4 Å². The molecule has 3 rings (SSSR count). The summed E-state index contributed by atoms with van der Waals surface area (Å²) in [4.78, 5) is 26.4. The van der Waals surface area contributed by atoms with Crippen molar-refractivity contribution in [2.45, 2.75) is 64.8 Å². The largest absolute Gasteiger partial charge is 0.378 e. The van der Waals surface area contributed by atoms with E-state index in [9.17, 15) is 9.59 Å². The van der Waals surface area contributed by atoms with Crippen LogP contribution in [0.1, 0.15) is 51.2 Å². The third-order valence-corrected chi connectivity index (χ3v) is 6.22. The van der Waals surface area contributed by atoms with E-state index < -0.39 is 11.0 Å². The van der Waals surface area contributed by atoms with Crippen molar-refractivity contribution < 1.29 is 14.3 Å². The molecule has 28 heavy (non-hydrogen) atoms. The van der Waals surface area contributed by atoms with Crippen LogP contribution in [-0.2, 0) is 27.4 Å². The van der Waals surface area contributed by atoms with Crippen molar-refractivity contribution in [2.75, 3.05) is 13.2 Å². The van der Waals surface area contributed by atoms with Crippen LogP contribution in [0.15, 0.2) is 24.3 Å². The Kier molecular flexibility index (Phi) is 7.12. The monoisotopic (exact) mass is 409 g/mol. The summed E-state index contributed by atoms with van der Waals surface area (Å²) in [5.74, 6) is 0.0819. The lowest BCUT2D eigenvalue weighted by Gasteiger charge is -2.57. The van der Waals surface area contributed by atoms with Crippen LogP contribution in [0.3, 0.4) is 0 Å². The quantitative estimate of drug-likeness (QED) is 0.724. The van der Waals surface area contributed by atoms with Gasteiger partial charge >= 0.3 is 0 Å². The van der Waals surface area contributed by atoms with Crippen LogP contribution in [0.5, 0.6) is 0 Å². The summed E-state index contributed by atoms with van der Waals surface area (Å²) >= 11 is 0. The smallest absolute Gasteiger partial charge is 0.241 e. The third kappa shape index (κ3) is 4.19. The molecule has 1 aliphatic heterocycles. The van der Waals surface area contributed by atoms with Gasteiger partial charge in [0.15, 0.2) is 0 Å². The van der Waals surface area contributed by atoms with Gasteiger partial charge in [0, 0.05) is 44.5 Å². The van der Waals surface area contributed by atoms with Crippen molar-refractivity contribution in [2.24, 2.45) is 11.1 Å². The van der Waals surface area contributed by atoms with E-state index in [-0.39, 0.29) is 30.3 Å². The zero-order chi connectivity index (χ0) is 19.7. The van der Waals surface area contributed by atoms with Gasteiger partial charge in [0.2, 0.25) is 11.8 Å². The number of rotatable bonds is 7. The number of benzene rings is 1. The van der Waals surface area contributed by atoms with Crippen LogP contribution >= 0.6 is 12.4 Å². The highest BCUT2D eigenvalue weighted by Gasteiger charge is 2.62. The Morgan fingerprint density at radius 3 is 2.68 bits per heavy atom. The molecule has 2 atom stereocenters. The third-order valence-electron chi connectivity index (χ3n) is 6.22. The minimum atomic E-state index is -0.910. The first-order valence-electron chi connectivity index (χ1n) is 9.82. The molecule has 2 unspecified atom stereocenters. The highest BCUT2D eigenvalue weighted by atomic mass is 35.5. The number of likely N-dealkylation sites (tertiary alicyclic amines) is 1. The number of nitrogens with zero attached hydrogens (tertiary/aromatic N) is 1. The number of halogens is 1. The fourth-order valence-corrected chi connectivity index (χ4v) is 4.09. The number of nitrogens with one attached hydrogen (secondary N) is 1. The molecular weight excluding hydrogens is 378 g/mol. The molecule has 1 saturated carbocycles. The summed E-state index contributed by atoms with van der Waals surface area (Å²) in [6.45, 7) is 8.44. The molecular formula is C21H32ClN3O3. The molecule has 3 N–H and O–H groups in total. The SMILES string of the molecule is CCOC1CC(N)(C(=O)NCc2cccc(CN3CCCC3=O)c2)C1(C)C.Cl. The standard InChI is InChI=1S/C21H31N3O3.ClH/c1-4-27-17-12-21(22,20(17,2)3)19(26)23-13-15-7-5-8-16(11-15)14-24-10-6-9-18(24)25;/h5,7-8,11,17H,4,6,9-10,12-14,22H2,1-3H3,(H,23,26);1H. The maximum absolute atomic E-state index is 12.7. The second-order valence-corrected chi connectivity index (χ2v) is 8.26. The summed E-state index contributed by atoms with van der Waals surface area (Å²) in [6, 6.07) is 8.01. The van der Waals surface area contributed by atoms with E-state index in [0.717, 1.165) is 24.1 Å². The lowest BCUT2D eigenvalue weighted by atomic mass is 9.54. The van der Waals surface area contributed by atoms with Gasteiger partial charge in [0.05, 0.1) is 6.10 Å². The van der Waals surface area contributed by atoms with E-state index in [1.165, 1.54) is 0 Å². The first-order chi connectivity index (χ1) is 12.8. The van der Waals surface area contributed by atoms with Gasteiger partial charge in [0.1, 0.15) is 5.54 Å². The predicted molar refractivity (Wildman–Crippen MR) is 111 cm³/mol. The maximum Gasteiger partial charge on any atom is 0.241 e. The first-order valence-corrected chi connectivity index (χ1v) is 9.82. The first kappa shape index (κ1) is 22.7. The lowest BCUT2D eigenvalue weighted by molar-refractivity contribution is -0.170. The number of hydrogen-bond acceptors (Lipinski definition) is 4. The summed E-state index contributed by atoms with van der Waals surface area (Å²) < 4.78 is 5.70. The molecule has 1 aromatic rings. The van der Waals surface area contributed by atoms with Gasteiger partial charge < -0.3 is 20.7 Å². The average molecular weight is 410 g/mol. The van der Waals surface area contributed by atoms with Crippen LogP contribution in [0.4, 0.5) is 0 Å². The van der Waals surface area contributed by atoms with Crippen molar-refractivity contribution in [1.29, 1.82) is 0 Å². The van der Waals surface area contributed by atoms with Crippen LogP contribution in [0, 0.1) is 5.41 Å². The number of ether oxygens (including phenoxy) is 1. The van der Waals surface area contributed by atoms with Crippen LogP contribution in [-0.4, -0.2) is 41.5 Å². The van der Waals surface area contributed by atoms with Gasteiger partial charge in [-0.3, -0.25) is 9.59 Å². The van der Waals surface area contributed by atoms with Crippen molar-refractivity contribution in [3.8, 4) is 0 Å². The number of carbonyl (C=O) groups is 2. The average Bonchev–Trinajstić information content (AvgIpc) is 3.04. The zero-order valence-corrected chi connectivity index (χ0v) is 17.8. The molecule has 7 heteroatoms. The van der Waals surface area contributed by atoms with Gasteiger partial charge in [-0.1, -0.05) is 38.1 Å². The second kappa shape index (κ2) is 8.80. The molecule has 2 amide bonds. The summed E-state index contributed by atoms with van der Waals surface area (Å²) in [6.07, 6.45) is 2.13. The van der Waals surface area contributed by atoms with E-state index in [4.69, 9.17) is 10.5 Å². The molecule has 2 fully saturated rings. The molecule has 1 saturated heterocycles. The van der Waals surface area contributed by atoms with E-state index in [1.54, 1.807) is 0 Å². The molecule has 1 aromatic carbocycles. The van der Waals surface area contributed by atoms with Gasteiger partial charge in [-0.2, -0.15) is 0 Å². The molecule has 156 valence electrons. The van der Waals surface area contributed by atoms with Crippen LogP contribution in [0.2, 0.25) is 0 Å². The number of carbonyl (C=O) groups excluding carboxylic acids is 2. The Balaban J connectivity index is 0.00000280. The van der Waals surface area contributed by atoms with Gasteiger partial charge in [-0.05, 0) is 24.5 Å². The lowest BCUT2D eigenvalue weighted by Crippen LogP contribution is -2.75. The van der Waals surface area contributed by atoms with Gasteiger partial charge in [-0.25, -0.2) is 0 Å². The summed E-state index contributed by atoms with van der Waals surface area (Å²) in [5.41, 5.74) is 7.21. The number of amides is 2. The van der Waals surface area contributed by atoms with E-state index >= 15 is 0 Å².